The second-order valence-electron chi connectivity index (χ2n) is 12.0. The Labute approximate surface area is 316 Å². The highest BCUT2D eigenvalue weighted by Gasteiger charge is 2.32. The molecule has 0 bridgehead atoms. The number of nitriles is 2. The standard InChI is InChI=1S/C44H24F6N4/c45-43(46,47)31-9-17-35(18-10-31)53(33-13-1-27(25-51)2-14-33)39-23-7-29-6-22-38-40(24-8-30-5-21-37(39)41(29)42(30)38)54(34-15-3-28(26-52)4-16-34)36-19-11-32(12-20-36)44(48,49)50/h1-24H/i1D,2D,3D,4D,13D,14D,15D,16D. The molecule has 8 aromatic rings. The highest BCUT2D eigenvalue weighted by atomic mass is 19.4. The zero-order chi connectivity index (χ0) is 44.7. The van der Waals surface area contributed by atoms with Crippen molar-refractivity contribution in [3.8, 4) is 12.1 Å². The molecule has 0 heterocycles. The van der Waals surface area contributed by atoms with Gasteiger partial charge < -0.3 is 9.80 Å². The summed E-state index contributed by atoms with van der Waals surface area (Å²) in [5.74, 6) is 0. The number of hydrogen-bond donors (Lipinski definition) is 0. The Morgan fingerprint density at radius 3 is 1.07 bits per heavy atom. The van der Waals surface area contributed by atoms with E-state index in [1.165, 1.54) is 9.80 Å². The molecule has 0 saturated heterocycles. The van der Waals surface area contributed by atoms with E-state index >= 15 is 0 Å². The van der Waals surface area contributed by atoms with Crippen molar-refractivity contribution >= 4 is 66.4 Å². The average Bonchev–Trinajstić information content (AvgIpc) is 3.24. The normalized spacial score (nSPS) is 13.9. The molecule has 0 fully saturated rings. The second kappa shape index (κ2) is 12.9. The Morgan fingerprint density at radius 2 is 0.759 bits per heavy atom. The molecule has 0 radical (unpaired) electrons. The number of alkyl halides is 6. The van der Waals surface area contributed by atoms with Crippen molar-refractivity contribution in [2.75, 3.05) is 9.80 Å². The number of halogens is 6. The van der Waals surface area contributed by atoms with Gasteiger partial charge in [-0.15, -0.1) is 0 Å². The summed E-state index contributed by atoms with van der Waals surface area (Å²) in [5, 5.41) is 22.4. The Morgan fingerprint density at radius 1 is 0.426 bits per heavy atom. The molecule has 0 spiro atoms. The molecule has 0 unspecified atom stereocenters. The van der Waals surface area contributed by atoms with Gasteiger partial charge in [0, 0.05) is 33.5 Å². The average molecular weight is 731 g/mol. The van der Waals surface area contributed by atoms with Crippen molar-refractivity contribution in [3.05, 3.63) is 168 Å². The number of hydrogen-bond acceptors (Lipinski definition) is 4. The number of nitrogens with zero attached hydrogens (tertiary/aromatic N) is 4. The summed E-state index contributed by atoms with van der Waals surface area (Å²) >= 11 is 0. The zero-order valence-corrected chi connectivity index (χ0v) is 27.3. The van der Waals surface area contributed by atoms with Crippen LogP contribution in [0.5, 0.6) is 0 Å². The van der Waals surface area contributed by atoms with Crippen LogP contribution in [0.1, 0.15) is 33.2 Å². The van der Waals surface area contributed by atoms with Gasteiger partial charge in [-0.1, -0.05) is 36.4 Å². The predicted octanol–water partition coefficient (Wildman–Crippen LogP) is 13.3. The van der Waals surface area contributed by atoms with Gasteiger partial charge in [-0.2, -0.15) is 36.9 Å². The van der Waals surface area contributed by atoms with Gasteiger partial charge in [0.15, 0.2) is 0 Å². The Bertz CT molecular complexity index is 2960. The molecule has 0 aliphatic carbocycles. The lowest BCUT2D eigenvalue weighted by atomic mass is 9.91. The van der Waals surface area contributed by atoms with Crippen LogP contribution in [-0.2, 0) is 12.4 Å². The summed E-state index contributed by atoms with van der Waals surface area (Å²) in [6.07, 6.45) is -9.44. The molecule has 4 nitrogen and oxygen atoms in total. The van der Waals surface area contributed by atoms with Crippen LogP contribution in [0.15, 0.2) is 145 Å². The van der Waals surface area contributed by atoms with Crippen LogP contribution in [0.2, 0.25) is 0 Å². The smallest absolute Gasteiger partial charge is 0.310 e. The van der Waals surface area contributed by atoms with Crippen LogP contribution >= 0.6 is 0 Å². The van der Waals surface area contributed by atoms with Crippen LogP contribution in [0.25, 0.3) is 32.3 Å². The third-order valence-electron chi connectivity index (χ3n) is 8.90. The third kappa shape index (κ3) is 5.94. The first-order valence-corrected chi connectivity index (χ1v) is 16.0. The minimum absolute atomic E-state index is 0.0110. The molecule has 0 aliphatic heterocycles. The van der Waals surface area contributed by atoms with E-state index in [0.717, 1.165) is 48.5 Å². The monoisotopic (exact) mass is 730 g/mol. The number of rotatable bonds is 6. The maximum Gasteiger partial charge on any atom is 0.416 e. The molecule has 0 N–H and O–H groups in total. The number of anilines is 6. The van der Waals surface area contributed by atoms with Gasteiger partial charge in [0.25, 0.3) is 0 Å². The fourth-order valence-electron chi connectivity index (χ4n) is 6.48. The third-order valence-corrected chi connectivity index (χ3v) is 8.90. The van der Waals surface area contributed by atoms with Gasteiger partial charge in [-0.05, 0) is 131 Å². The van der Waals surface area contributed by atoms with E-state index in [-0.39, 0.29) is 34.1 Å². The summed E-state index contributed by atoms with van der Waals surface area (Å²) in [6, 6.07) is 19.0. The largest absolute Gasteiger partial charge is 0.416 e. The van der Waals surface area contributed by atoms with Gasteiger partial charge in [0.05, 0.1) is 56.7 Å². The number of benzene rings is 8. The predicted molar refractivity (Wildman–Crippen MR) is 199 cm³/mol. The van der Waals surface area contributed by atoms with E-state index in [9.17, 15) is 36.9 Å². The van der Waals surface area contributed by atoms with Crippen LogP contribution in [0, 0.1) is 22.7 Å². The first-order chi connectivity index (χ1) is 29.3. The molecule has 0 aliphatic rings. The summed E-state index contributed by atoms with van der Waals surface area (Å²) in [5.41, 5.74) is -3.41. The Balaban J connectivity index is 1.45. The molecular weight excluding hydrogens is 698 g/mol. The molecular formula is C44H24F6N4. The van der Waals surface area contributed by atoms with Gasteiger partial charge in [-0.3, -0.25) is 0 Å². The van der Waals surface area contributed by atoms with Crippen molar-refractivity contribution in [2.24, 2.45) is 0 Å². The van der Waals surface area contributed by atoms with E-state index in [0.29, 0.717) is 32.3 Å². The summed E-state index contributed by atoms with van der Waals surface area (Å²) in [4.78, 5) is 2.54. The van der Waals surface area contributed by atoms with Crippen molar-refractivity contribution in [1.82, 2.24) is 0 Å². The molecule has 8 rings (SSSR count). The van der Waals surface area contributed by atoms with E-state index in [1.807, 2.05) is 0 Å². The molecule has 0 atom stereocenters. The summed E-state index contributed by atoms with van der Waals surface area (Å²) in [6.45, 7) is 0. The van der Waals surface area contributed by atoms with Gasteiger partial charge >= 0.3 is 12.4 Å². The molecule has 262 valence electrons. The Hall–Kier alpha value is -7.04. The molecule has 0 aromatic heterocycles. The summed E-state index contributed by atoms with van der Waals surface area (Å²) in [7, 11) is 0. The fraction of sp³-hybridized carbons (Fsp3) is 0.0455. The van der Waals surface area contributed by atoms with Gasteiger partial charge in [-0.25, -0.2) is 0 Å². The van der Waals surface area contributed by atoms with Crippen molar-refractivity contribution in [1.29, 1.82) is 10.5 Å². The van der Waals surface area contributed by atoms with Crippen molar-refractivity contribution in [2.45, 2.75) is 12.4 Å². The van der Waals surface area contributed by atoms with Crippen LogP contribution in [-0.4, -0.2) is 0 Å². The maximum absolute atomic E-state index is 13.8. The first-order valence-electron chi connectivity index (χ1n) is 20.0. The molecule has 54 heavy (non-hydrogen) atoms. The highest BCUT2D eigenvalue weighted by Crippen LogP contribution is 2.48. The van der Waals surface area contributed by atoms with E-state index in [2.05, 4.69) is 0 Å². The van der Waals surface area contributed by atoms with Crippen LogP contribution < -0.4 is 9.80 Å². The molecule has 0 amide bonds. The highest BCUT2D eigenvalue weighted by molar-refractivity contribution is 6.28. The molecule has 8 aromatic carbocycles. The maximum atomic E-state index is 13.8. The van der Waals surface area contributed by atoms with Crippen molar-refractivity contribution in [3.63, 3.8) is 0 Å². The minimum atomic E-state index is -4.72. The first kappa shape index (κ1) is 25.8. The molecule has 10 heteroatoms. The SMILES string of the molecule is [2H]c1c([2H])c(N(c2ccc(C(F)(F)F)cc2)c2ccc3ccc4c(N(c5ccc(C(F)(F)F)cc5)c5c([2H])c([2H])c(C#N)c([2H])c5[2H])ccc5ccc2c3c54)c([2H])c([2H])c1C#N. The van der Waals surface area contributed by atoms with E-state index in [1.54, 1.807) is 60.7 Å². The Kier molecular flexibility index (Phi) is 6.16. The lowest BCUT2D eigenvalue weighted by molar-refractivity contribution is -0.138. The second-order valence-corrected chi connectivity index (χ2v) is 12.0. The fourth-order valence-corrected chi connectivity index (χ4v) is 6.48. The van der Waals surface area contributed by atoms with Crippen molar-refractivity contribution < 1.29 is 37.3 Å². The van der Waals surface area contributed by atoms with E-state index < -0.39 is 82.9 Å². The van der Waals surface area contributed by atoms with Crippen LogP contribution in [0.3, 0.4) is 0 Å². The minimum Gasteiger partial charge on any atom is -0.310 e. The topological polar surface area (TPSA) is 54.1 Å². The van der Waals surface area contributed by atoms with Gasteiger partial charge in [0.1, 0.15) is 0 Å². The zero-order valence-electron chi connectivity index (χ0n) is 35.3. The quantitative estimate of drug-likeness (QED) is 0.126. The lowest BCUT2D eigenvalue weighted by Gasteiger charge is -2.29. The summed E-state index contributed by atoms with van der Waals surface area (Å²) < 4.78 is 152. The lowest BCUT2D eigenvalue weighted by Crippen LogP contribution is -2.12. The van der Waals surface area contributed by atoms with Gasteiger partial charge in [0.2, 0.25) is 0 Å². The molecule has 0 saturated carbocycles. The van der Waals surface area contributed by atoms with E-state index in [4.69, 9.17) is 11.0 Å². The van der Waals surface area contributed by atoms with Crippen LogP contribution in [0.4, 0.5) is 60.5 Å².